The summed E-state index contributed by atoms with van der Waals surface area (Å²) in [5, 5.41) is 22.9. The highest BCUT2D eigenvalue weighted by Gasteiger charge is 2.32. The van der Waals surface area contributed by atoms with Gasteiger partial charge in [-0.3, -0.25) is 9.36 Å². The Hall–Kier alpha value is -2.89. The number of nitriles is 1. The summed E-state index contributed by atoms with van der Waals surface area (Å²) in [6.45, 7) is 13.3. The summed E-state index contributed by atoms with van der Waals surface area (Å²) in [5.41, 5.74) is 4.10. The molecule has 2 heterocycles. The molecule has 0 bridgehead atoms. The van der Waals surface area contributed by atoms with Gasteiger partial charge < -0.3 is 5.32 Å². The van der Waals surface area contributed by atoms with E-state index in [1.807, 2.05) is 29.7 Å². The third-order valence-electron chi connectivity index (χ3n) is 6.49. The lowest BCUT2D eigenvalue weighted by Crippen LogP contribution is -2.26. The minimum absolute atomic E-state index is 0.150. The van der Waals surface area contributed by atoms with Gasteiger partial charge in [-0.25, -0.2) is 0 Å². The SMILES string of the molecule is C=CCn1c(SCC(=O)Nc2sc3c(c2C#N)CCC(C(C)(C)C)C3)nnc1-c1cccc(C)c1. The maximum absolute atomic E-state index is 12.9. The molecule has 1 aromatic carbocycles. The first-order valence-electron chi connectivity index (χ1n) is 11.8. The lowest BCUT2D eigenvalue weighted by molar-refractivity contribution is -0.113. The van der Waals surface area contributed by atoms with Gasteiger partial charge in [-0.05, 0) is 49.1 Å². The molecule has 0 radical (unpaired) electrons. The van der Waals surface area contributed by atoms with E-state index in [1.54, 1.807) is 17.4 Å². The number of fused-ring (bicyclic) bond motifs is 1. The van der Waals surface area contributed by atoms with Gasteiger partial charge in [-0.15, -0.1) is 28.1 Å². The van der Waals surface area contributed by atoms with Crippen LogP contribution in [0, 0.1) is 29.6 Å². The number of hydrogen-bond acceptors (Lipinski definition) is 6. The number of thiophene rings is 1. The molecule has 1 atom stereocenters. The Balaban J connectivity index is 1.47. The third-order valence-corrected chi connectivity index (χ3v) is 8.63. The third kappa shape index (κ3) is 5.52. The molecule has 3 aromatic rings. The van der Waals surface area contributed by atoms with E-state index in [0.29, 0.717) is 28.2 Å². The Bertz CT molecular complexity index is 1290. The lowest BCUT2D eigenvalue weighted by atomic mass is 9.72. The molecule has 6 nitrogen and oxygen atoms in total. The zero-order valence-corrected chi connectivity index (χ0v) is 22.4. The highest BCUT2D eigenvalue weighted by Crippen LogP contribution is 2.44. The number of carbonyl (C=O) groups is 1. The van der Waals surface area contributed by atoms with Gasteiger partial charge in [-0.1, -0.05) is 62.4 Å². The van der Waals surface area contributed by atoms with E-state index >= 15 is 0 Å². The quantitative estimate of drug-likeness (QED) is 0.303. The summed E-state index contributed by atoms with van der Waals surface area (Å²) < 4.78 is 1.97. The zero-order valence-electron chi connectivity index (χ0n) is 20.7. The fourth-order valence-electron chi connectivity index (χ4n) is 4.51. The Labute approximate surface area is 215 Å². The summed E-state index contributed by atoms with van der Waals surface area (Å²) in [5.74, 6) is 1.37. The fraction of sp³-hybridized carbons (Fsp3) is 0.407. The molecule has 1 N–H and O–H groups in total. The van der Waals surface area contributed by atoms with E-state index in [2.05, 4.69) is 55.0 Å². The van der Waals surface area contributed by atoms with Crippen LogP contribution >= 0.6 is 23.1 Å². The number of carbonyl (C=O) groups excluding carboxylic acids is 1. The van der Waals surface area contributed by atoms with Gasteiger partial charge in [0.25, 0.3) is 0 Å². The molecule has 8 heteroatoms. The topological polar surface area (TPSA) is 83.6 Å². The molecule has 0 saturated carbocycles. The van der Waals surface area contributed by atoms with Crippen LogP contribution in [0.15, 0.2) is 42.1 Å². The van der Waals surface area contributed by atoms with Gasteiger partial charge in [0.1, 0.15) is 11.1 Å². The number of nitrogens with zero attached hydrogens (tertiary/aromatic N) is 4. The minimum Gasteiger partial charge on any atom is -0.316 e. The molecule has 0 saturated heterocycles. The molecule has 0 fully saturated rings. The summed E-state index contributed by atoms with van der Waals surface area (Å²) >= 11 is 2.90. The second-order valence-corrected chi connectivity index (χ2v) is 12.1. The smallest absolute Gasteiger partial charge is 0.235 e. The molecule has 1 amide bonds. The van der Waals surface area contributed by atoms with Gasteiger partial charge in [0, 0.05) is 17.0 Å². The number of benzene rings is 1. The van der Waals surface area contributed by atoms with Gasteiger partial charge in [-0.2, -0.15) is 5.26 Å². The van der Waals surface area contributed by atoms with Crippen LogP contribution in [0.3, 0.4) is 0 Å². The van der Waals surface area contributed by atoms with Crippen LogP contribution in [0.4, 0.5) is 5.00 Å². The molecule has 1 aliphatic rings. The van der Waals surface area contributed by atoms with Crippen LogP contribution < -0.4 is 5.32 Å². The highest BCUT2D eigenvalue weighted by molar-refractivity contribution is 7.99. The van der Waals surface area contributed by atoms with Crippen LogP contribution in [-0.4, -0.2) is 26.4 Å². The zero-order chi connectivity index (χ0) is 25.2. The van der Waals surface area contributed by atoms with Crippen molar-refractivity contribution in [3.63, 3.8) is 0 Å². The Kier molecular flexibility index (Phi) is 7.48. The van der Waals surface area contributed by atoms with Crippen molar-refractivity contribution in [2.24, 2.45) is 11.3 Å². The van der Waals surface area contributed by atoms with Crippen molar-refractivity contribution >= 4 is 34.0 Å². The molecule has 4 rings (SSSR count). The molecule has 0 aliphatic heterocycles. The summed E-state index contributed by atoms with van der Waals surface area (Å²) in [6.07, 6.45) is 4.74. The number of hydrogen-bond donors (Lipinski definition) is 1. The van der Waals surface area contributed by atoms with Gasteiger partial charge in [0.15, 0.2) is 11.0 Å². The summed E-state index contributed by atoms with van der Waals surface area (Å²) in [6, 6.07) is 10.4. The van der Waals surface area contributed by atoms with Crippen molar-refractivity contribution in [2.45, 2.75) is 58.7 Å². The first-order chi connectivity index (χ1) is 16.7. The van der Waals surface area contributed by atoms with Crippen LogP contribution in [0.25, 0.3) is 11.4 Å². The predicted molar refractivity (Wildman–Crippen MR) is 144 cm³/mol. The molecule has 182 valence electrons. The first kappa shape index (κ1) is 25.2. The number of anilines is 1. The largest absolute Gasteiger partial charge is 0.316 e. The number of thioether (sulfide) groups is 1. The standard InChI is InChI=1S/C27H31N5OS2/c1-6-12-32-24(18-9-7-8-17(2)13-18)30-31-26(32)34-16-23(33)29-25-21(15-28)20-11-10-19(27(3,4)5)14-22(20)35-25/h6-9,13,19H,1,10-12,14,16H2,2-5H3,(H,29,33). The van der Waals surface area contributed by atoms with Crippen molar-refractivity contribution in [3.05, 3.63) is 58.5 Å². The summed E-state index contributed by atoms with van der Waals surface area (Å²) in [4.78, 5) is 14.1. The average molecular weight is 506 g/mol. The molecule has 0 spiro atoms. The molecular formula is C27H31N5OS2. The van der Waals surface area contributed by atoms with Crippen molar-refractivity contribution in [2.75, 3.05) is 11.1 Å². The van der Waals surface area contributed by atoms with E-state index in [9.17, 15) is 10.1 Å². The Morgan fingerprint density at radius 1 is 1.40 bits per heavy atom. The van der Waals surface area contributed by atoms with Gasteiger partial charge in [0.05, 0.1) is 11.3 Å². The normalized spacial score (nSPS) is 15.3. The maximum Gasteiger partial charge on any atom is 0.235 e. The highest BCUT2D eigenvalue weighted by atomic mass is 32.2. The van der Waals surface area contributed by atoms with E-state index in [1.165, 1.54) is 16.6 Å². The van der Waals surface area contributed by atoms with Crippen molar-refractivity contribution in [3.8, 4) is 17.5 Å². The fourth-order valence-corrected chi connectivity index (χ4v) is 6.55. The van der Waals surface area contributed by atoms with E-state index < -0.39 is 0 Å². The summed E-state index contributed by atoms with van der Waals surface area (Å²) in [7, 11) is 0. The number of nitrogens with one attached hydrogen (secondary N) is 1. The van der Waals surface area contributed by atoms with Gasteiger partial charge >= 0.3 is 0 Å². The number of aryl methyl sites for hydroxylation is 1. The number of aromatic nitrogens is 3. The number of rotatable bonds is 7. The average Bonchev–Trinajstić information content (AvgIpc) is 3.37. The first-order valence-corrected chi connectivity index (χ1v) is 13.6. The molecule has 2 aromatic heterocycles. The molecule has 35 heavy (non-hydrogen) atoms. The van der Waals surface area contributed by atoms with Gasteiger partial charge in [0.2, 0.25) is 5.91 Å². The maximum atomic E-state index is 12.9. The monoisotopic (exact) mass is 505 g/mol. The van der Waals surface area contributed by atoms with Crippen molar-refractivity contribution in [1.82, 2.24) is 14.8 Å². The van der Waals surface area contributed by atoms with Crippen LogP contribution in [0.5, 0.6) is 0 Å². The second kappa shape index (κ2) is 10.4. The van der Waals surface area contributed by atoms with Crippen molar-refractivity contribution in [1.29, 1.82) is 5.26 Å². The molecular weight excluding hydrogens is 474 g/mol. The van der Waals surface area contributed by atoms with E-state index in [-0.39, 0.29) is 17.1 Å². The van der Waals surface area contributed by atoms with E-state index in [0.717, 1.165) is 41.8 Å². The predicted octanol–water partition coefficient (Wildman–Crippen LogP) is 6.25. The lowest BCUT2D eigenvalue weighted by Gasteiger charge is -2.33. The Morgan fingerprint density at radius 2 is 2.20 bits per heavy atom. The van der Waals surface area contributed by atoms with Crippen LogP contribution in [-0.2, 0) is 24.2 Å². The minimum atomic E-state index is -0.150. The second-order valence-electron chi connectivity index (χ2n) is 10.0. The van der Waals surface area contributed by atoms with Crippen molar-refractivity contribution < 1.29 is 4.79 Å². The molecule has 1 unspecified atom stereocenters. The van der Waals surface area contributed by atoms with Crippen LogP contribution in [0.1, 0.15) is 48.8 Å². The van der Waals surface area contributed by atoms with Crippen LogP contribution in [0.2, 0.25) is 0 Å². The Morgan fingerprint density at radius 3 is 2.89 bits per heavy atom. The number of allylic oxidation sites excluding steroid dienone is 1. The van der Waals surface area contributed by atoms with E-state index in [4.69, 9.17) is 0 Å². The molecule has 1 aliphatic carbocycles. The number of amides is 1.